The summed E-state index contributed by atoms with van der Waals surface area (Å²) >= 11 is 0. The van der Waals surface area contributed by atoms with Gasteiger partial charge in [-0.3, -0.25) is 0 Å². The molecule has 2 aliphatic heterocycles. The molecule has 0 saturated heterocycles. The molecule has 0 bridgehead atoms. The van der Waals surface area contributed by atoms with Crippen LogP contribution in [-0.4, -0.2) is 20.4 Å². The van der Waals surface area contributed by atoms with Crippen molar-refractivity contribution in [2.75, 3.05) is 9.80 Å². The number of benzene rings is 15. The predicted molar refractivity (Wildman–Crippen MR) is 405 cm³/mol. The van der Waals surface area contributed by atoms with Crippen LogP contribution in [0, 0.1) is 0 Å². The Morgan fingerprint density at radius 2 is 0.531 bits per heavy atom. The Balaban J connectivity index is 0.933. The average molecular weight is 1220 g/mol. The minimum Gasteiger partial charge on any atom is -0.311 e. The lowest BCUT2D eigenvalue weighted by atomic mass is 9.33. The fraction of sp³-hybridized carbons (Fsp3) is 0. The summed E-state index contributed by atoms with van der Waals surface area (Å²) in [7, 11) is 0. The van der Waals surface area contributed by atoms with Crippen LogP contribution < -0.4 is 26.2 Å². The molecule has 0 aliphatic carbocycles. The fourth-order valence-electron chi connectivity index (χ4n) is 16.5. The van der Waals surface area contributed by atoms with E-state index in [0.29, 0.717) is 0 Å². The van der Waals surface area contributed by atoms with Gasteiger partial charge in [0.2, 0.25) is 0 Å². The maximum absolute atomic E-state index is 2.62. The molecule has 0 amide bonds. The number of anilines is 6. The van der Waals surface area contributed by atoms with Crippen LogP contribution in [0.5, 0.6) is 0 Å². The zero-order chi connectivity index (χ0) is 63.0. The largest absolute Gasteiger partial charge is 0.311 e. The molecule has 5 nitrogen and oxygen atoms in total. The van der Waals surface area contributed by atoms with Crippen molar-refractivity contribution in [3.8, 4) is 61.6 Å². The van der Waals surface area contributed by atoms with Crippen LogP contribution in [0.15, 0.2) is 352 Å². The molecule has 446 valence electrons. The minimum atomic E-state index is -0.262. The van der Waals surface area contributed by atoms with Crippen LogP contribution in [0.3, 0.4) is 0 Å². The highest BCUT2D eigenvalue weighted by atomic mass is 15.2. The minimum absolute atomic E-state index is 0.262. The third-order valence-electron chi connectivity index (χ3n) is 20.4. The highest BCUT2D eigenvalue weighted by Crippen LogP contribution is 2.51. The van der Waals surface area contributed by atoms with Gasteiger partial charge < -0.3 is 23.5 Å². The van der Waals surface area contributed by atoms with Crippen LogP contribution in [0.2, 0.25) is 0 Å². The molecule has 0 unspecified atom stereocenters. The van der Waals surface area contributed by atoms with Gasteiger partial charge in [-0.15, -0.1) is 0 Å². The molecule has 18 aromatic rings. The summed E-state index contributed by atoms with van der Waals surface area (Å²) in [5, 5.41) is 7.33. The summed E-state index contributed by atoms with van der Waals surface area (Å²) in [4.78, 5) is 5.23. The molecule has 15 aromatic carbocycles. The first-order chi connectivity index (χ1) is 47.7. The van der Waals surface area contributed by atoms with Crippen molar-refractivity contribution in [1.82, 2.24) is 13.7 Å². The third-order valence-corrected chi connectivity index (χ3v) is 20.4. The van der Waals surface area contributed by atoms with E-state index in [1.54, 1.807) is 0 Å². The van der Waals surface area contributed by atoms with Crippen molar-refractivity contribution < 1.29 is 0 Å². The van der Waals surface area contributed by atoms with Crippen molar-refractivity contribution in [2.24, 2.45) is 0 Å². The standard InChI is InChI=1S/C90H58BN5/c1-5-27-59(28-6-1)66-35-13-19-43-76(66)95-82-53-51-61(68-41-25-49-84-88(68)72-39-17-23-47-80(72)92(84)63-31-9-3-10-32-63)55-74(82)91-75-56-62(69-42-26-50-85-89(69)73-40-18-24-48-81(73)93(85)64-33-11-4-12-34-64)52-54-83(75)96(77-44-20-14-36-67(77)60-29-7-2-8-30-60)87-58-65(57-86(95)90(87)91)94-78-45-21-15-37-70(78)71-38-16-22-46-79(71)94/h1-58H. The zero-order valence-corrected chi connectivity index (χ0v) is 52.3. The van der Waals surface area contributed by atoms with E-state index in [0.717, 1.165) is 95.6 Å². The van der Waals surface area contributed by atoms with Crippen molar-refractivity contribution in [3.63, 3.8) is 0 Å². The molecule has 2 aliphatic rings. The van der Waals surface area contributed by atoms with Gasteiger partial charge >= 0.3 is 0 Å². The van der Waals surface area contributed by atoms with Gasteiger partial charge in [-0.1, -0.05) is 255 Å². The summed E-state index contributed by atoms with van der Waals surface area (Å²) in [5.41, 5.74) is 30.0. The molecule has 6 heteroatoms. The summed E-state index contributed by atoms with van der Waals surface area (Å²) in [6.07, 6.45) is 0. The van der Waals surface area contributed by atoms with Crippen LogP contribution in [0.4, 0.5) is 34.1 Å². The summed E-state index contributed by atoms with van der Waals surface area (Å²) in [6, 6.07) is 131. The Hall–Kier alpha value is -12.6. The molecule has 0 radical (unpaired) electrons. The maximum atomic E-state index is 2.62. The van der Waals surface area contributed by atoms with E-state index < -0.39 is 0 Å². The Morgan fingerprint density at radius 3 is 0.969 bits per heavy atom. The Labute approximate surface area is 556 Å². The lowest BCUT2D eigenvalue weighted by Crippen LogP contribution is -2.61. The molecular formula is C90H58BN5. The number of rotatable bonds is 9. The molecule has 20 rings (SSSR count). The summed E-state index contributed by atoms with van der Waals surface area (Å²) < 4.78 is 7.38. The van der Waals surface area contributed by atoms with Crippen molar-refractivity contribution in [1.29, 1.82) is 0 Å². The van der Waals surface area contributed by atoms with Crippen molar-refractivity contribution in [2.45, 2.75) is 0 Å². The number of hydrogen-bond donors (Lipinski definition) is 0. The van der Waals surface area contributed by atoms with E-state index in [-0.39, 0.29) is 6.71 Å². The first-order valence-electron chi connectivity index (χ1n) is 33.2. The summed E-state index contributed by atoms with van der Waals surface area (Å²) in [5.74, 6) is 0. The molecule has 96 heavy (non-hydrogen) atoms. The smallest absolute Gasteiger partial charge is 0.252 e. The topological polar surface area (TPSA) is 21.3 Å². The molecular weight excluding hydrogens is 1160 g/mol. The Kier molecular flexibility index (Phi) is 12.1. The monoisotopic (exact) mass is 1220 g/mol. The molecule has 0 spiro atoms. The van der Waals surface area contributed by atoms with Crippen LogP contribution in [0.1, 0.15) is 0 Å². The van der Waals surface area contributed by atoms with E-state index in [9.17, 15) is 0 Å². The number of fused-ring (bicyclic) bond motifs is 13. The fourth-order valence-corrected chi connectivity index (χ4v) is 16.5. The molecule has 0 N–H and O–H groups in total. The second kappa shape index (κ2) is 21.5. The highest BCUT2D eigenvalue weighted by Gasteiger charge is 2.45. The van der Waals surface area contributed by atoms with Gasteiger partial charge in [0.1, 0.15) is 0 Å². The van der Waals surface area contributed by atoms with E-state index in [1.807, 2.05) is 0 Å². The Morgan fingerprint density at radius 1 is 0.198 bits per heavy atom. The van der Waals surface area contributed by atoms with E-state index in [1.165, 1.54) is 81.9 Å². The number of nitrogens with zero attached hydrogens (tertiary/aromatic N) is 5. The summed E-state index contributed by atoms with van der Waals surface area (Å²) in [6.45, 7) is -0.262. The first kappa shape index (κ1) is 54.0. The van der Waals surface area contributed by atoms with E-state index in [2.05, 4.69) is 375 Å². The quantitative estimate of drug-likeness (QED) is 0.134. The SMILES string of the molecule is c1ccc(-c2ccccc2N2c3ccc(-c4cccc5c4c4ccccc4n5-c4ccccc4)cc3B3c4cc(-c5cccc6c5c5ccccc5n6-c5ccccc5)ccc4N(c4ccccc4-c4ccccc4)c4cc(-n5c6ccccc6c6ccccc65)cc2c43)cc1. The zero-order valence-electron chi connectivity index (χ0n) is 52.3. The van der Waals surface area contributed by atoms with Gasteiger partial charge in [0.15, 0.2) is 0 Å². The van der Waals surface area contributed by atoms with Crippen molar-refractivity contribution in [3.05, 3.63) is 352 Å². The van der Waals surface area contributed by atoms with Gasteiger partial charge in [-0.25, -0.2) is 0 Å². The van der Waals surface area contributed by atoms with Crippen molar-refractivity contribution >= 4 is 123 Å². The maximum Gasteiger partial charge on any atom is 0.252 e. The van der Waals surface area contributed by atoms with Crippen LogP contribution >= 0.6 is 0 Å². The van der Waals surface area contributed by atoms with Gasteiger partial charge in [-0.05, 0) is 147 Å². The molecule has 3 aromatic heterocycles. The lowest BCUT2D eigenvalue weighted by molar-refractivity contribution is 1.16. The molecule has 0 saturated carbocycles. The van der Waals surface area contributed by atoms with Crippen LogP contribution in [-0.2, 0) is 0 Å². The van der Waals surface area contributed by atoms with Gasteiger partial charge in [0, 0.05) is 77.6 Å². The highest BCUT2D eigenvalue weighted by molar-refractivity contribution is 7.00. The first-order valence-corrected chi connectivity index (χ1v) is 33.2. The average Bonchev–Trinajstić information content (AvgIpc) is 0.798. The van der Waals surface area contributed by atoms with Crippen LogP contribution in [0.25, 0.3) is 127 Å². The second-order valence-electron chi connectivity index (χ2n) is 25.5. The third kappa shape index (κ3) is 8.06. The Bertz CT molecular complexity index is 5790. The van der Waals surface area contributed by atoms with Gasteiger partial charge in [0.05, 0.1) is 50.2 Å². The second-order valence-corrected chi connectivity index (χ2v) is 25.5. The van der Waals surface area contributed by atoms with Gasteiger partial charge in [-0.2, -0.15) is 0 Å². The molecule has 0 fully saturated rings. The number of para-hydroxylation sites is 8. The number of aromatic nitrogens is 3. The molecule has 0 atom stereocenters. The molecule has 5 heterocycles. The van der Waals surface area contributed by atoms with Gasteiger partial charge in [0.25, 0.3) is 6.71 Å². The van der Waals surface area contributed by atoms with E-state index in [4.69, 9.17) is 0 Å². The number of hydrogen-bond acceptors (Lipinski definition) is 2. The van der Waals surface area contributed by atoms with E-state index >= 15 is 0 Å². The predicted octanol–water partition coefficient (Wildman–Crippen LogP) is 21.7. The lowest BCUT2D eigenvalue weighted by Gasteiger charge is -2.45. The normalized spacial score (nSPS) is 12.5.